The second kappa shape index (κ2) is 14.1. The molecule has 42 heavy (non-hydrogen) atoms. The number of hydrogen-bond acceptors (Lipinski definition) is 6. The van der Waals surface area contributed by atoms with E-state index < -0.39 is 34.2 Å². The second-order valence-corrected chi connectivity index (χ2v) is 14.1. The molecule has 2 fully saturated rings. The predicted molar refractivity (Wildman–Crippen MR) is 153 cm³/mol. The standard InChI is InChI=1S/C30H45F3N2O6S/c1-19(2)23-17-24(20(3)4)27(25(18-23)21(5)6)42(38,39)35-13-11-34(12-14-35)29(37)41-28(30(31,32)33)26(36)8-7-22-9-15-40-16-10-22/h17-22,28H,7-16H2,1-6H3. The maximum absolute atomic E-state index is 14.0. The average Bonchev–Trinajstić information content (AvgIpc) is 2.93. The Hall–Kier alpha value is -2.18. The van der Waals surface area contributed by atoms with Gasteiger partial charge in [0.05, 0.1) is 4.90 Å². The first kappa shape index (κ1) is 34.3. The molecule has 1 atom stereocenters. The third-order valence-corrected chi connectivity index (χ3v) is 10.2. The zero-order valence-electron chi connectivity index (χ0n) is 25.5. The summed E-state index contributed by atoms with van der Waals surface area (Å²) in [4.78, 5) is 26.5. The normalized spacial score (nSPS) is 18.6. The molecule has 1 aromatic rings. The van der Waals surface area contributed by atoms with Crippen molar-refractivity contribution in [3.8, 4) is 0 Å². The molecular formula is C30H45F3N2O6S. The van der Waals surface area contributed by atoms with Crippen LogP contribution in [-0.4, -0.2) is 81.2 Å². The minimum Gasteiger partial charge on any atom is -0.428 e. The number of benzene rings is 1. The smallest absolute Gasteiger partial charge is 0.428 e. The molecule has 2 heterocycles. The summed E-state index contributed by atoms with van der Waals surface area (Å²) in [6.45, 7) is 12.4. The number of rotatable bonds is 10. The molecular weight excluding hydrogens is 573 g/mol. The van der Waals surface area contributed by atoms with Crippen LogP contribution in [0.5, 0.6) is 0 Å². The highest BCUT2D eigenvalue weighted by molar-refractivity contribution is 7.89. The Morgan fingerprint density at radius 1 is 0.929 bits per heavy atom. The van der Waals surface area contributed by atoms with Crippen LogP contribution in [0.1, 0.15) is 102 Å². The van der Waals surface area contributed by atoms with Crippen LogP contribution in [0.2, 0.25) is 0 Å². The van der Waals surface area contributed by atoms with E-state index in [0.29, 0.717) is 26.1 Å². The van der Waals surface area contributed by atoms with Crippen molar-refractivity contribution in [2.45, 2.75) is 102 Å². The lowest BCUT2D eigenvalue weighted by molar-refractivity contribution is -0.205. The number of carbonyl (C=O) groups excluding carboxylic acids is 2. The maximum Gasteiger partial charge on any atom is 0.432 e. The van der Waals surface area contributed by atoms with Gasteiger partial charge in [0.2, 0.25) is 10.0 Å². The number of sulfonamides is 1. The molecule has 0 radical (unpaired) electrons. The average molecular weight is 619 g/mol. The summed E-state index contributed by atoms with van der Waals surface area (Å²) in [6.07, 6.45) is -7.89. The van der Waals surface area contributed by atoms with E-state index in [2.05, 4.69) is 13.8 Å². The van der Waals surface area contributed by atoms with Crippen molar-refractivity contribution in [2.24, 2.45) is 5.92 Å². The first-order valence-electron chi connectivity index (χ1n) is 14.8. The van der Waals surface area contributed by atoms with E-state index in [1.807, 2.05) is 39.8 Å². The zero-order valence-corrected chi connectivity index (χ0v) is 26.3. The Labute approximate surface area is 248 Å². The lowest BCUT2D eigenvalue weighted by Crippen LogP contribution is -2.52. The van der Waals surface area contributed by atoms with Gasteiger partial charge in [0.1, 0.15) is 0 Å². The molecule has 2 saturated heterocycles. The van der Waals surface area contributed by atoms with Gasteiger partial charge >= 0.3 is 12.3 Å². The number of piperazine rings is 1. The molecule has 238 valence electrons. The fraction of sp³-hybridized carbons (Fsp3) is 0.733. The van der Waals surface area contributed by atoms with Crippen molar-refractivity contribution >= 4 is 21.9 Å². The molecule has 0 aliphatic carbocycles. The first-order valence-corrected chi connectivity index (χ1v) is 16.3. The fourth-order valence-electron chi connectivity index (χ4n) is 5.43. The number of amides is 1. The summed E-state index contributed by atoms with van der Waals surface area (Å²) in [7, 11) is -3.97. The molecule has 2 aliphatic rings. The summed E-state index contributed by atoms with van der Waals surface area (Å²) in [5, 5.41) is 0. The van der Waals surface area contributed by atoms with E-state index in [4.69, 9.17) is 9.47 Å². The SMILES string of the molecule is CC(C)c1cc(C(C)C)c(S(=O)(=O)N2CCN(C(=O)OC(C(=O)CCC3CCOCC3)C(F)(F)F)CC2)c(C(C)C)c1. The van der Waals surface area contributed by atoms with Crippen LogP contribution >= 0.6 is 0 Å². The van der Waals surface area contributed by atoms with Gasteiger partial charge in [0.25, 0.3) is 6.10 Å². The van der Waals surface area contributed by atoms with Crippen molar-refractivity contribution in [3.63, 3.8) is 0 Å². The minimum atomic E-state index is -5.05. The largest absolute Gasteiger partial charge is 0.432 e. The van der Waals surface area contributed by atoms with Gasteiger partial charge in [-0.15, -0.1) is 0 Å². The molecule has 0 saturated carbocycles. The van der Waals surface area contributed by atoms with Gasteiger partial charge in [-0.1, -0.05) is 53.7 Å². The highest BCUT2D eigenvalue weighted by Crippen LogP contribution is 2.37. The van der Waals surface area contributed by atoms with Crippen LogP contribution in [0.4, 0.5) is 18.0 Å². The number of nitrogens with zero attached hydrogens (tertiary/aromatic N) is 2. The summed E-state index contributed by atoms with van der Waals surface area (Å²) in [5.41, 5.74) is 2.49. The molecule has 12 heteroatoms. The molecule has 2 aliphatic heterocycles. The van der Waals surface area contributed by atoms with Crippen molar-refractivity contribution in [1.29, 1.82) is 0 Å². The molecule has 0 bridgehead atoms. The van der Waals surface area contributed by atoms with Gasteiger partial charge in [0, 0.05) is 45.8 Å². The number of alkyl halides is 3. The Kier molecular flexibility index (Phi) is 11.5. The molecule has 8 nitrogen and oxygen atoms in total. The molecule has 3 rings (SSSR count). The molecule has 1 unspecified atom stereocenters. The van der Waals surface area contributed by atoms with Crippen LogP contribution < -0.4 is 0 Å². The summed E-state index contributed by atoms with van der Waals surface area (Å²) < 4.78 is 80.4. The lowest BCUT2D eigenvalue weighted by atomic mass is 9.89. The monoisotopic (exact) mass is 618 g/mol. The van der Waals surface area contributed by atoms with Gasteiger partial charge in [-0.2, -0.15) is 17.5 Å². The van der Waals surface area contributed by atoms with E-state index in [1.54, 1.807) is 0 Å². The van der Waals surface area contributed by atoms with Gasteiger partial charge in [0.15, 0.2) is 5.78 Å². The van der Waals surface area contributed by atoms with Crippen molar-refractivity contribution < 1.29 is 40.7 Å². The second-order valence-electron chi connectivity index (χ2n) is 12.2. The van der Waals surface area contributed by atoms with Gasteiger partial charge < -0.3 is 14.4 Å². The van der Waals surface area contributed by atoms with Crippen LogP contribution in [0.25, 0.3) is 0 Å². The van der Waals surface area contributed by atoms with E-state index in [-0.39, 0.29) is 67.6 Å². The molecule has 1 aromatic carbocycles. The summed E-state index contributed by atoms with van der Waals surface area (Å²) in [5.74, 6) is -1.01. The number of ketones is 1. The molecule has 0 aromatic heterocycles. The maximum atomic E-state index is 14.0. The fourth-order valence-corrected chi connectivity index (χ4v) is 7.52. The summed E-state index contributed by atoms with van der Waals surface area (Å²) in [6, 6.07) is 3.89. The van der Waals surface area contributed by atoms with Crippen molar-refractivity contribution in [3.05, 3.63) is 28.8 Å². The first-order chi connectivity index (χ1) is 19.5. The highest BCUT2D eigenvalue weighted by atomic mass is 32.2. The Bertz CT molecular complexity index is 1170. The van der Waals surface area contributed by atoms with Gasteiger partial charge in [-0.25, -0.2) is 13.2 Å². The van der Waals surface area contributed by atoms with Crippen LogP contribution in [0.15, 0.2) is 17.0 Å². The number of hydrogen-bond donors (Lipinski definition) is 0. The Balaban J connectivity index is 1.72. The third kappa shape index (κ3) is 8.25. The molecule has 1 amide bonds. The quantitative estimate of drug-likeness (QED) is 0.310. The highest BCUT2D eigenvalue weighted by Gasteiger charge is 2.48. The Morgan fingerprint density at radius 2 is 1.45 bits per heavy atom. The molecule has 0 spiro atoms. The van der Waals surface area contributed by atoms with Crippen molar-refractivity contribution in [1.82, 2.24) is 9.21 Å². The number of ether oxygens (including phenoxy) is 2. The van der Waals surface area contributed by atoms with Crippen LogP contribution in [-0.2, 0) is 24.3 Å². The van der Waals surface area contributed by atoms with Crippen molar-refractivity contribution in [2.75, 3.05) is 39.4 Å². The predicted octanol–water partition coefficient (Wildman–Crippen LogP) is 6.21. The van der Waals surface area contributed by atoms with Gasteiger partial charge in [-0.3, -0.25) is 4.79 Å². The number of Topliss-reactive ketones (excluding diaryl/α,β-unsaturated/α-hetero) is 1. The van der Waals surface area contributed by atoms with Crippen LogP contribution in [0, 0.1) is 5.92 Å². The number of halogens is 3. The topological polar surface area (TPSA) is 93.2 Å². The number of carbonyl (C=O) groups is 2. The van der Waals surface area contributed by atoms with E-state index in [1.165, 1.54) is 4.31 Å². The van der Waals surface area contributed by atoms with E-state index >= 15 is 0 Å². The minimum absolute atomic E-state index is 0.0643. The van der Waals surface area contributed by atoms with E-state index in [9.17, 15) is 31.2 Å². The third-order valence-electron chi connectivity index (χ3n) is 8.12. The summed E-state index contributed by atoms with van der Waals surface area (Å²) >= 11 is 0. The zero-order chi connectivity index (χ0) is 31.4. The Morgan fingerprint density at radius 3 is 1.90 bits per heavy atom. The molecule has 0 N–H and O–H groups in total. The van der Waals surface area contributed by atoms with E-state index in [0.717, 1.165) is 21.6 Å². The lowest BCUT2D eigenvalue weighted by Gasteiger charge is -2.35. The van der Waals surface area contributed by atoms with Gasteiger partial charge in [-0.05, 0) is 59.6 Å². The van der Waals surface area contributed by atoms with Crippen LogP contribution in [0.3, 0.4) is 0 Å².